The highest BCUT2D eigenvalue weighted by Gasteiger charge is 2.54. The van der Waals surface area contributed by atoms with Crippen molar-refractivity contribution in [1.82, 2.24) is 4.90 Å². The van der Waals surface area contributed by atoms with Gasteiger partial charge >= 0.3 is 6.16 Å². The van der Waals surface area contributed by atoms with E-state index in [-0.39, 0.29) is 24.6 Å². The number of hydrogen-bond acceptors (Lipinski definition) is 6. The minimum atomic E-state index is -0.810. The number of hydrogen-bond donors (Lipinski definition) is 0. The Morgan fingerprint density at radius 2 is 1.42 bits per heavy atom. The fraction of sp³-hybridized carbons (Fsp3) is 0.290. The Labute approximate surface area is 223 Å². The summed E-state index contributed by atoms with van der Waals surface area (Å²) in [4.78, 5) is 27.9. The van der Waals surface area contributed by atoms with E-state index < -0.39 is 18.2 Å². The molecule has 3 atom stereocenters. The fourth-order valence-electron chi connectivity index (χ4n) is 4.89. The van der Waals surface area contributed by atoms with Gasteiger partial charge in [0.1, 0.15) is 24.2 Å². The van der Waals surface area contributed by atoms with Crippen molar-refractivity contribution in [2.75, 3.05) is 14.2 Å². The van der Waals surface area contributed by atoms with E-state index in [4.69, 9.17) is 18.9 Å². The SMILES string of the molecule is C=C(C)[C@@H]1[C@@H]([C@@H](C)OC(=O)OCc2ccccc2)C(=O)N1C(c1ccc(OC)cc1)c1ccc(OC)cc1. The normalized spacial score (nSPS) is 17.4. The Hall–Kier alpha value is -4.26. The number of carbonyl (C=O) groups excluding carboxylic acids is 2. The third-order valence-electron chi connectivity index (χ3n) is 6.81. The lowest BCUT2D eigenvalue weighted by molar-refractivity contribution is -0.165. The smallest absolute Gasteiger partial charge is 0.497 e. The van der Waals surface area contributed by atoms with Gasteiger partial charge in [0, 0.05) is 0 Å². The first-order chi connectivity index (χ1) is 18.3. The number of β-lactam (4-membered cyclic amide) rings is 1. The highest BCUT2D eigenvalue weighted by Crippen LogP contribution is 2.44. The maximum absolute atomic E-state index is 13.7. The van der Waals surface area contributed by atoms with Crippen molar-refractivity contribution in [3.05, 3.63) is 108 Å². The number of amides is 1. The van der Waals surface area contributed by atoms with Crippen LogP contribution >= 0.6 is 0 Å². The van der Waals surface area contributed by atoms with Crippen molar-refractivity contribution in [2.45, 2.75) is 38.6 Å². The average molecular weight is 516 g/mol. The zero-order chi connectivity index (χ0) is 27.2. The van der Waals surface area contributed by atoms with Crippen molar-refractivity contribution in [2.24, 2.45) is 5.92 Å². The molecule has 38 heavy (non-hydrogen) atoms. The number of rotatable bonds is 10. The van der Waals surface area contributed by atoms with Gasteiger partial charge in [-0.2, -0.15) is 0 Å². The van der Waals surface area contributed by atoms with Crippen LogP contribution in [0.25, 0.3) is 0 Å². The quantitative estimate of drug-likeness (QED) is 0.189. The summed E-state index contributed by atoms with van der Waals surface area (Å²) in [6.45, 7) is 7.87. The van der Waals surface area contributed by atoms with Crippen LogP contribution in [0.3, 0.4) is 0 Å². The summed E-state index contributed by atoms with van der Waals surface area (Å²) in [7, 11) is 3.23. The van der Waals surface area contributed by atoms with E-state index in [0.29, 0.717) is 0 Å². The van der Waals surface area contributed by atoms with Gasteiger partial charge in [-0.15, -0.1) is 0 Å². The Morgan fingerprint density at radius 1 is 0.895 bits per heavy atom. The number of carbonyl (C=O) groups is 2. The molecule has 1 aliphatic heterocycles. The molecule has 198 valence electrons. The largest absolute Gasteiger partial charge is 0.508 e. The van der Waals surface area contributed by atoms with Crippen LogP contribution in [0, 0.1) is 5.92 Å². The van der Waals surface area contributed by atoms with Crippen LogP contribution in [0.2, 0.25) is 0 Å². The standard InChI is InChI=1S/C31H33NO6/c1-20(2)28-27(21(3)38-31(34)37-19-22-9-7-6-8-10-22)30(33)32(28)29(23-11-15-25(35-4)16-12-23)24-13-17-26(36-5)18-14-24/h6-18,21,27-29H,1,19H2,2-5H3/t21-,27-,28-/m1/s1. The molecular weight excluding hydrogens is 482 g/mol. The van der Waals surface area contributed by atoms with Crippen molar-refractivity contribution in [3.8, 4) is 11.5 Å². The highest BCUT2D eigenvalue weighted by molar-refractivity contribution is 5.89. The molecule has 0 radical (unpaired) electrons. The first-order valence-electron chi connectivity index (χ1n) is 12.5. The minimum Gasteiger partial charge on any atom is -0.497 e. The summed E-state index contributed by atoms with van der Waals surface area (Å²) in [6.07, 6.45) is -1.51. The molecule has 7 heteroatoms. The van der Waals surface area contributed by atoms with Gasteiger partial charge in [0.05, 0.1) is 32.2 Å². The van der Waals surface area contributed by atoms with Gasteiger partial charge in [0.2, 0.25) is 5.91 Å². The van der Waals surface area contributed by atoms with E-state index in [1.54, 1.807) is 21.1 Å². The molecule has 3 aromatic carbocycles. The van der Waals surface area contributed by atoms with Crippen molar-refractivity contribution < 1.29 is 28.5 Å². The molecule has 0 N–H and O–H groups in total. The molecule has 0 saturated carbocycles. The Kier molecular flexibility index (Phi) is 8.36. The second-order valence-corrected chi connectivity index (χ2v) is 9.36. The maximum Gasteiger partial charge on any atom is 0.508 e. The fourth-order valence-corrected chi connectivity index (χ4v) is 4.89. The molecule has 4 rings (SSSR count). The summed E-state index contributed by atoms with van der Waals surface area (Å²) in [5.41, 5.74) is 3.49. The molecule has 1 amide bonds. The lowest BCUT2D eigenvalue weighted by Crippen LogP contribution is -2.65. The van der Waals surface area contributed by atoms with Crippen LogP contribution in [-0.4, -0.2) is 43.3 Å². The second kappa shape index (κ2) is 11.9. The van der Waals surface area contributed by atoms with E-state index >= 15 is 0 Å². The summed E-state index contributed by atoms with van der Waals surface area (Å²) < 4.78 is 21.5. The van der Waals surface area contributed by atoms with Crippen LogP contribution in [-0.2, 0) is 20.9 Å². The van der Waals surface area contributed by atoms with Gasteiger partial charge in [-0.25, -0.2) is 4.79 Å². The van der Waals surface area contributed by atoms with E-state index in [2.05, 4.69) is 6.58 Å². The third kappa shape index (κ3) is 5.67. The molecule has 1 heterocycles. The van der Waals surface area contributed by atoms with Crippen LogP contribution in [0.4, 0.5) is 4.79 Å². The monoisotopic (exact) mass is 515 g/mol. The van der Waals surface area contributed by atoms with Gasteiger partial charge in [0.15, 0.2) is 0 Å². The van der Waals surface area contributed by atoms with E-state index in [9.17, 15) is 9.59 Å². The Bertz CT molecular complexity index is 1210. The molecule has 1 aliphatic rings. The second-order valence-electron chi connectivity index (χ2n) is 9.36. The molecular formula is C31H33NO6. The summed E-state index contributed by atoms with van der Waals surface area (Å²) in [5, 5.41) is 0. The number of likely N-dealkylation sites (tertiary alicyclic amines) is 1. The minimum absolute atomic E-state index is 0.0953. The molecule has 0 aromatic heterocycles. The van der Waals surface area contributed by atoms with Crippen LogP contribution in [0.1, 0.15) is 36.6 Å². The predicted octanol–water partition coefficient (Wildman–Crippen LogP) is 5.94. The topological polar surface area (TPSA) is 74.3 Å². The van der Waals surface area contributed by atoms with E-state index in [1.807, 2.05) is 90.7 Å². The lowest BCUT2D eigenvalue weighted by atomic mass is 9.76. The van der Waals surface area contributed by atoms with Gasteiger partial charge in [-0.05, 0) is 54.8 Å². The number of methoxy groups -OCH3 is 2. The molecule has 7 nitrogen and oxygen atoms in total. The van der Waals surface area contributed by atoms with Gasteiger partial charge in [-0.3, -0.25) is 4.79 Å². The van der Waals surface area contributed by atoms with Gasteiger partial charge in [0.25, 0.3) is 0 Å². The number of benzene rings is 3. The number of nitrogens with zero attached hydrogens (tertiary/aromatic N) is 1. The molecule has 1 fully saturated rings. The van der Waals surface area contributed by atoms with Crippen molar-refractivity contribution in [1.29, 1.82) is 0 Å². The molecule has 0 aliphatic carbocycles. The predicted molar refractivity (Wildman–Crippen MR) is 144 cm³/mol. The molecule has 1 saturated heterocycles. The lowest BCUT2D eigenvalue weighted by Gasteiger charge is -2.53. The summed E-state index contributed by atoms with van der Waals surface area (Å²) in [6, 6.07) is 23.9. The first-order valence-corrected chi connectivity index (χ1v) is 12.5. The molecule has 0 unspecified atom stereocenters. The van der Waals surface area contributed by atoms with Crippen molar-refractivity contribution >= 4 is 12.1 Å². The maximum atomic E-state index is 13.7. The Morgan fingerprint density at radius 3 is 1.89 bits per heavy atom. The van der Waals surface area contributed by atoms with Crippen LogP contribution < -0.4 is 9.47 Å². The molecule has 3 aromatic rings. The van der Waals surface area contributed by atoms with Crippen LogP contribution in [0.5, 0.6) is 11.5 Å². The van der Waals surface area contributed by atoms with E-state index in [0.717, 1.165) is 33.8 Å². The van der Waals surface area contributed by atoms with Gasteiger partial charge < -0.3 is 23.8 Å². The summed E-state index contributed by atoms with van der Waals surface area (Å²) in [5.74, 6) is 0.749. The number of ether oxygens (including phenoxy) is 4. The summed E-state index contributed by atoms with van der Waals surface area (Å²) >= 11 is 0. The average Bonchev–Trinajstić information content (AvgIpc) is 2.93. The highest BCUT2D eigenvalue weighted by atomic mass is 16.7. The van der Waals surface area contributed by atoms with Crippen LogP contribution in [0.15, 0.2) is 91.0 Å². The van der Waals surface area contributed by atoms with Gasteiger partial charge in [-0.1, -0.05) is 66.7 Å². The van der Waals surface area contributed by atoms with E-state index in [1.165, 1.54) is 0 Å². The zero-order valence-electron chi connectivity index (χ0n) is 22.1. The first kappa shape index (κ1) is 26.8. The Balaban J connectivity index is 1.56. The molecule has 0 bridgehead atoms. The molecule has 0 spiro atoms. The third-order valence-corrected chi connectivity index (χ3v) is 6.81. The zero-order valence-corrected chi connectivity index (χ0v) is 22.1. The van der Waals surface area contributed by atoms with Crippen molar-refractivity contribution in [3.63, 3.8) is 0 Å².